The highest BCUT2D eigenvalue weighted by atomic mass is 35.5. The van der Waals surface area contributed by atoms with E-state index in [9.17, 15) is 9.90 Å². The van der Waals surface area contributed by atoms with Crippen LogP contribution in [0.25, 0.3) is 0 Å². The summed E-state index contributed by atoms with van der Waals surface area (Å²) in [6.07, 6.45) is 4.92. The van der Waals surface area contributed by atoms with Gasteiger partial charge in [-0.3, -0.25) is 9.48 Å². The number of hydrogen-bond donors (Lipinski definition) is 1. The highest BCUT2D eigenvalue weighted by molar-refractivity contribution is 6.30. The van der Waals surface area contributed by atoms with Crippen molar-refractivity contribution in [1.29, 1.82) is 0 Å². The molecule has 140 valence electrons. The third-order valence-electron chi connectivity index (χ3n) is 4.68. The second-order valence-corrected chi connectivity index (χ2v) is 7.48. The zero-order valence-corrected chi connectivity index (χ0v) is 15.8. The van der Waals surface area contributed by atoms with Crippen LogP contribution in [-0.4, -0.2) is 50.5 Å². The summed E-state index contributed by atoms with van der Waals surface area (Å²) in [6.45, 7) is 2.53. The molecule has 2 atom stereocenters. The summed E-state index contributed by atoms with van der Waals surface area (Å²) in [5.41, 5.74) is -0.0864. The Kier molecular flexibility index (Phi) is 5.53. The highest BCUT2D eigenvalue weighted by Gasteiger charge is 2.41. The maximum atomic E-state index is 12.5. The van der Waals surface area contributed by atoms with Gasteiger partial charge in [-0.2, -0.15) is 5.10 Å². The van der Waals surface area contributed by atoms with Crippen molar-refractivity contribution in [2.45, 2.75) is 37.9 Å². The van der Waals surface area contributed by atoms with E-state index in [1.807, 2.05) is 25.4 Å². The van der Waals surface area contributed by atoms with Crippen LogP contribution < -0.4 is 4.74 Å². The van der Waals surface area contributed by atoms with Gasteiger partial charge in [-0.25, -0.2) is 0 Å². The molecule has 26 heavy (non-hydrogen) atoms. The monoisotopic (exact) mass is 377 g/mol. The van der Waals surface area contributed by atoms with Crippen LogP contribution >= 0.6 is 11.6 Å². The number of β-amino-alcohol motifs (C(OH)–C–C–N with tert-alkyl or cyclic N) is 1. The van der Waals surface area contributed by atoms with Crippen LogP contribution in [0.1, 0.15) is 25.3 Å². The fourth-order valence-corrected chi connectivity index (χ4v) is 3.45. The van der Waals surface area contributed by atoms with Gasteiger partial charge in [0.25, 0.3) is 0 Å². The standard InChI is InChI=1S/C19H24ClN3O3/c1-19(25)13-23(18(24)7-6-14-11-21-22(2)12-14)9-8-17(19)26-16-5-3-4-15(20)10-16/h3-5,10-12,17,25H,6-9,13H2,1-2H3/t17-,19-/m0/s1. The van der Waals surface area contributed by atoms with E-state index in [4.69, 9.17) is 16.3 Å². The minimum absolute atomic E-state index is 0.0373. The zero-order valence-electron chi connectivity index (χ0n) is 15.1. The largest absolute Gasteiger partial charge is 0.487 e. The molecular weight excluding hydrogens is 354 g/mol. The van der Waals surface area contributed by atoms with E-state index < -0.39 is 5.60 Å². The summed E-state index contributed by atoms with van der Waals surface area (Å²) in [6, 6.07) is 7.12. The van der Waals surface area contributed by atoms with E-state index in [-0.39, 0.29) is 18.6 Å². The molecule has 1 aliphatic rings. The molecule has 1 aromatic carbocycles. The molecule has 1 aliphatic heterocycles. The minimum atomic E-state index is -1.12. The maximum Gasteiger partial charge on any atom is 0.223 e. The molecular formula is C19H24ClN3O3. The third kappa shape index (κ3) is 4.56. The summed E-state index contributed by atoms with van der Waals surface area (Å²) in [5.74, 6) is 0.662. The van der Waals surface area contributed by atoms with Gasteiger partial charge in [0.1, 0.15) is 17.5 Å². The van der Waals surface area contributed by atoms with Crippen LogP contribution in [0.3, 0.4) is 0 Å². The number of hydrogen-bond acceptors (Lipinski definition) is 4. The first kappa shape index (κ1) is 18.7. The molecule has 1 N–H and O–H groups in total. The molecule has 2 aromatic rings. The molecule has 2 heterocycles. The lowest BCUT2D eigenvalue weighted by Crippen LogP contribution is -2.58. The lowest BCUT2D eigenvalue weighted by Gasteiger charge is -2.42. The molecule has 1 saturated heterocycles. The highest BCUT2D eigenvalue weighted by Crippen LogP contribution is 2.28. The number of amides is 1. The Labute approximate surface area is 158 Å². The van der Waals surface area contributed by atoms with Crippen LogP contribution in [0.5, 0.6) is 5.75 Å². The smallest absolute Gasteiger partial charge is 0.223 e. The summed E-state index contributed by atoms with van der Waals surface area (Å²) < 4.78 is 7.65. The van der Waals surface area contributed by atoms with Gasteiger partial charge >= 0.3 is 0 Å². The number of rotatable bonds is 5. The Morgan fingerprint density at radius 2 is 2.31 bits per heavy atom. The number of carbonyl (C=O) groups excluding carboxylic acids is 1. The maximum absolute atomic E-state index is 12.5. The van der Waals surface area contributed by atoms with Crippen LogP contribution in [0.4, 0.5) is 0 Å². The Balaban J connectivity index is 1.56. The summed E-state index contributed by atoms with van der Waals surface area (Å²) in [5, 5.41) is 15.5. The lowest BCUT2D eigenvalue weighted by atomic mass is 9.91. The quantitative estimate of drug-likeness (QED) is 0.869. The van der Waals surface area contributed by atoms with Crippen LogP contribution in [-0.2, 0) is 18.3 Å². The number of piperidine rings is 1. The molecule has 1 aromatic heterocycles. The van der Waals surface area contributed by atoms with E-state index in [1.54, 1.807) is 34.8 Å². The van der Waals surface area contributed by atoms with Crippen molar-refractivity contribution in [3.05, 3.63) is 47.2 Å². The van der Waals surface area contributed by atoms with Gasteiger partial charge in [0.05, 0.1) is 12.7 Å². The number of nitrogens with zero attached hydrogens (tertiary/aromatic N) is 3. The molecule has 0 bridgehead atoms. The fourth-order valence-electron chi connectivity index (χ4n) is 3.27. The number of aromatic nitrogens is 2. The van der Waals surface area contributed by atoms with Crippen molar-refractivity contribution in [3.8, 4) is 5.75 Å². The van der Waals surface area contributed by atoms with Crippen molar-refractivity contribution < 1.29 is 14.6 Å². The molecule has 1 fully saturated rings. The Hall–Kier alpha value is -2.05. The predicted molar refractivity (Wildman–Crippen MR) is 99.2 cm³/mol. The molecule has 3 rings (SSSR count). The normalized spacial score (nSPS) is 23.1. The molecule has 0 saturated carbocycles. The molecule has 0 unspecified atom stereocenters. The van der Waals surface area contributed by atoms with Crippen molar-refractivity contribution in [2.75, 3.05) is 13.1 Å². The summed E-state index contributed by atoms with van der Waals surface area (Å²) in [7, 11) is 1.85. The molecule has 0 radical (unpaired) electrons. The van der Waals surface area contributed by atoms with Gasteiger partial charge in [0, 0.05) is 37.7 Å². The van der Waals surface area contributed by atoms with Gasteiger partial charge in [-0.1, -0.05) is 17.7 Å². The number of halogens is 1. The Bertz CT molecular complexity index is 775. The summed E-state index contributed by atoms with van der Waals surface area (Å²) in [4.78, 5) is 14.2. The number of ether oxygens (including phenoxy) is 1. The van der Waals surface area contributed by atoms with E-state index in [0.717, 1.165) is 5.56 Å². The molecule has 1 amide bonds. The molecule has 0 spiro atoms. The zero-order chi connectivity index (χ0) is 18.7. The lowest BCUT2D eigenvalue weighted by molar-refractivity contribution is -0.145. The summed E-state index contributed by atoms with van der Waals surface area (Å²) >= 11 is 5.98. The Morgan fingerprint density at radius 1 is 1.50 bits per heavy atom. The molecule has 6 nitrogen and oxygen atoms in total. The van der Waals surface area contributed by atoms with E-state index in [2.05, 4.69) is 5.10 Å². The second kappa shape index (κ2) is 7.68. The van der Waals surface area contributed by atoms with Gasteiger partial charge in [-0.15, -0.1) is 0 Å². The van der Waals surface area contributed by atoms with Crippen LogP contribution in [0.2, 0.25) is 5.02 Å². The van der Waals surface area contributed by atoms with Crippen LogP contribution in [0.15, 0.2) is 36.7 Å². The minimum Gasteiger partial charge on any atom is -0.487 e. The van der Waals surface area contributed by atoms with Crippen molar-refractivity contribution in [3.63, 3.8) is 0 Å². The SMILES string of the molecule is Cn1cc(CCC(=O)N2CC[C@H](Oc3cccc(Cl)c3)[C@@](C)(O)C2)cn1. The molecule has 7 heteroatoms. The van der Waals surface area contributed by atoms with E-state index in [1.165, 1.54) is 0 Å². The molecule has 0 aliphatic carbocycles. The van der Waals surface area contributed by atoms with E-state index in [0.29, 0.717) is 36.6 Å². The number of carbonyl (C=O) groups is 1. The Morgan fingerprint density at radius 3 is 2.96 bits per heavy atom. The number of likely N-dealkylation sites (tertiary alicyclic amines) is 1. The van der Waals surface area contributed by atoms with Gasteiger partial charge in [0.2, 0.25) is 5.91 Å². The fraction of sp³-hybridized carbons (Fsp3) is 0.474. The first-order valence-electron chi connectivity index (χ1n) is 8.73. The van der Waals surface area contributed by atoms with E-state index >= 15 is 0 Å². The van der Waals surface area contributed by atoms with Crippen molar-refractivity contribution in [2.24, 2.45) is 7.05 Å². The third-order valence-corrected chi connectivity index (χ3v) is 4.91. The number of aryl methyl sites for hydroxylation is 2. The first-order valence-corrected chi connectivity index (χ1v) is 9.11. The van der Waals surface area contributed by atoms with Gasteiger partial charge < -0.3 is 14.7 Å². The van der Waals surface area contributed by atoms with Crippen molar-refractivity contribution >= 4 is 17.5 Å². The second-order valence-electron chi connectivity index (χ2n) is 7.05. The average Bonchev–Trinajstić information content (AvgIpc) is 3.00. The first-order chi connectivity index (χ1) is 12.3. The number of benzene rings is 1. The van der Waals surface area contributed by atoms with Crippen LogP contribution in [0, 0.1) is 0 Å². The number of aliphatic hydroxyl groups is 1. The predicted octanol–water partition coefficient (Wildman–Crippen LogP) is 2.44. The topological polar surface area (TPSA) is 67.6 Å². The van der Waals surface area contributed by atoms with Gasteiger partial charge in [-0.05, 0) is 37.1 Å². The average molecular weight is 378 g/mol. The van der Waals surface area contributed by atoms with Gasteiger partial charge in [0.15, 0.2) is 0 Å². The van der Waals surface area contributed by atoms with Crippen molar-refractivity contribution in [1.82, 2.24) is 14.7 Å².